The lowest BCUT2D eigenvalue weighted by Gasteiger charge is -2.53. The van der Waals surface area contributed by atoms with Gasteiger partial charge in [0.2, 0.25) is 0 Å². The Labute approximate surface area is 84.1 Å². The summed E-state index contributed by atoms with van der Waals surface area (Å²) in [5, 5.41) is 12.6. The van der Waals surface area contributed by atoms with Crippen LogP contribution in [-0.2, 0) is 4.74 Å². The maximum Gasteiger partial charge on any atom is 0.0681 e. The number of hydrogen-bond donors (Lipinski definition) is 1. The first-order valence-corrected chi connectivity index (χ1v) is 5.58. The summed E-state index contributed by atoms with van der Waals surface area (Å²) in [7, 11) is 1.79. The van der Waals surface area contributed by atoms with Crippen molar-refractivity contribution in [3.8, 4) is 0 Å². The second kappa shape index (κ2) is 2.96. The molecule has 0 radical (unpaired) electrons. The molecular formula is C11H17NO2. The highest BCUT2D eigenvalue weighted by atomic mass is 16.5. The van der Waals surface area contributed by atoms with Crippen molar-refractivity contribution in [1.82, 2.24) is 0 Å². The predicted molar refractivity (Wildman–Crippen MR) is 52.4 cm³/mol. The lowest BCUT2D eigenvalue weighted by Crippen LogP contribution is -2.54. The van der Waals surface area contributed by atoms with E-state index in [2.05, 4.69) is 5.16 Å². The minimum Gasteiger partial charge on any atom is -0.411 e. The summed E-state index contributed by atoms with van der Waals surface area (Å²) in [5.41, 5.74) is 1.03. The van der Waals surface area contributed by atoms with Crippen molar-refractivity contribution in [1.29, 1.82) is 0 Å². The lowest BCUT2D eigenvalue weighted by molar-refractivity contribution is -0.0594. The Balaban J connectivity index is 1.95. The van der Waals surface area contributed by atoms with Crippen LogP contribution < -0.4 is 0 Å². The van der Waals surface area contributed by atoms with Crippen LogP contribution in [0.15, 0.2) is 5.16 Å². The Kier molecular flexibility index (Phi) is 1.84. The second-order valence-corrected chi connectivity index (χ2v) is 5.10. The van der Waals surface area contributed by atoms with E-state index in [1.54, 1.807) is 7.11 Å². The molecule has 3 heteroatoms. The minimum atomic E-state index is 0.327. The highest BCUT2D eigenvalue weighted by Gasteiger charge is 2.52. The summed E-state index contributed by atoms with van der Waals surface area (Å²) in [6.45, 7) is 0. The highest BCUT2D eigenvalue weighted by molar-refractivity contribution is 5.91. The van der Waals surface area contributed by atoms with E-state index in [-0.39, 0.29) is 0 Å². The van der Waals surface area contributed by atoms with Crippen LogP contribution >= 0.6 is 0 Å². The van der Waals surface area contributed by atoms with E-state index in [0.29, 0.717) is 17.9 Å². The van der Waals surface area contributed by atoms with Crippen LogP contribution in [0.1, 0.15) is 25.7 Å². The van der Waals surface area contributed by atoms with E-state index in [1.807, 2.05) is 0 Å². The summed E-state index contributed by atoms with van der Waals surface area (Å²) in [4.78, 5) is 0. The van der Waals surface area contributed by atoms with Gasteiger partial charge in [-0.2, -0.15) is 0 Å². The first kappa shape index (κ1) is 8.72. The molecule has 0 aromatic heterocycles. The number of rotatable bonds is 1. The third-order valence-corrected chi connectivity index (χ3v) is 4.48. The van der Waals surface area contributed by atoms with E-state index < -0.39 is 0 Å². The van der Waals surface area contributed by atoms with Crippen LogP contribution in [-0.4, -0.2) is 24.1 Å². The molecule has 0 spiro atoms. The number of ether oxygens (including phenoxy) is 1. The van der Waals surface area contributed by atoms with Gasteiger partial charge < -0.3 is 9.94 Å². The monoisotopic (exact) mass is 195 g/mol. The zero-order valence-corrected chi connectivity index (χ0v) is 8.52. The smallest absolute Gasteiger partial charge is 0.0681 e. The Bertz CT molecular complexity index is 276. The third-order valence-electron chi connectivity index (χ3n) is 4.48. The van der Waals surface area contributed by atoms with Crippen molar-refractivity contribution in [2.75, 3.05) is 7.11 Å². The third kappa shape index (κ3) is 0.991. The molecule has 14 heavy (non-hydrogen) atoms. The van der Waals surface area contributed by atoms with Crippen LogP contribution in [0.5, 0.6) is 0 Å². The molecular weight excluding hydrogens is 178 g/mol. The predicted octanol–water partition coefficient (Wildman–Crippen LogP) is 1.90. The molecule has 4 aliphatic carbocycles. The SMILES string of the molecule is COC1C2CC3CC(C2)/C(=N\O)C1C3. The summed E-state index contributed by atoms with van der Waals surface area (Å²) >= 11 is 0. The Morgan fingerprint density at radius 2 is 2.14 bits per heavy atom. The van der Waals surface area contributed by atoms with Crippen molar-refractivity contribution in [2.24, 2.45) is 28.8 Å². The Hall–Kier alpha value is -0.570. The molecule has 3 nitrogen and oxygen atoms in total. The molecule has 5 unspecified atom stereocenters. The van der Waals surface area contributed by atoms with Crippen LogP contribution in [0.2, 0.25) is 0 Å². The molecule has 4 fully saturated rings. The minimum absolute atomic E-state index is 0.327. The van der Waals surface area contributed by atoms with Gasteiger partial charge >= 0.3 is 0 Å². The van der Waals surface area contributed by atoms with Gasteiger partial charge in [0.15, 0.2) is 0 Å². The normalized spacial score (nSPS) is 52.9. The fourth-order valence-electron chi connectivity index (χ4n) is 4.11. The van der Waals surface area contributed by atoms with E-state index in [1.165, 1.54) is 25.7 Å². The molecule has 0 aromatic rings. The van der Waals surface area contributed by atoms with E-state index in [4.69, 9.17) is 9.94 Å². The molecule has 0 heterocycles. The van der Waals surface area contributed by atoms with Crippen LogP contribution in [0, 0.1) is 23.7 Å². The average Bonchev–Trinajstić information content (AvgIpc) is 2.17. The largest absolute Gasteiger partial charge is 0.411 e. The van der Waals surface area contributed by atoms with Crippen LogP contribution in [0.4, 0.5) is 0 Å². The molecule has 0 saturated heterocycles. The molecule has 0 aliphatic heterocycles. The molecule has 4 rings (SSSR count). The summed E-state index contributed by atoms with van der Waals surface area (Å²) in [5.74, 6) is 2.59. The lowest BCUT2D eigenvalue weighted by atomic mass is 9.54. The first-order valence-electron chi connectivity index (χ1n) is 5.58. The number of nitrogens with zero attached hydrogens (tertiary/aromatic N) is 1. The molecule has 5 atom stereocenters. The molecule has 0 amide bonds. The standard InChI is InChI=1S/C11H17NO2/c1-14-11-8-3-6-2-7(5-8)10(12-13)9(11)4-6/h6-9,11,13H,2-5H2,1H3/b12-10+. The van der Waals surface area contributed by atoms with Gasteiger partial charge in [0.05, 0.1) is 11.8 Å². The maximum atomic E-state index is 9.04. The van der Waals surface area contributed by atoms with Gasteiger partial charge in [-0.25, -0.2) is 0 Å². The second-order valence-electron chi connectivity index (χ2n) is 5.10. The van der Waals surface area contributed by atoms with Gasteiger partial charge in [-0.3, -0.25) is 0 Å². The zero-order valence-electron chi connectivity index (χ0n) is 8.52. The molecule has 78 valence electrons. The van der Waals surface area contributed by atoms with Gasteiger partial charge in [0.1, 0.15) is 0 Å². The Morgan fingerprint density at radius 1 is 1.29 bits per heavy atom. The first-order chi connectivity index (χ1) is 6.83. The summed E-state index contributed by atoms with van der Waals surface area (Å²) in [6.07, 6.45) is 5.29. The van der Waals surface area contributed by atoms with Crippen molar-refractivity contribution in [3.63, 3.8) is 0 Å². The summed E-state index contributed by atoms with van der Waals surface area (Å²) < 4.78 is 5.57. The molecule has 0 aromatic carbocycles. The van der Waals surface area contributed by atoms with Gasteiger partial charge in [0.25, 0.3) is 0 Å². The topological polar surface area (TPSA) is 41.8 Å². The number of hydrogen-bond acceptors (Lipinski definition) is 3. The van der Waals surface area contributed by atoms with Crippen molar-refractivity contribution in [3.05, 3.63) is 0 Å². The van der Waals surface area contributed by atoms with Gasteiger partial charge in [0, 0.05) is 18.9 Å². The molecule has 4 aliphatic rings. The van der Waals surface area contributed by atoms with Crippen molar-refractivity contribution in [2.45, 2.75) is 31.8 Å². The maximum absolute atomic E-state index is 9.04. The number of oxime groups is 1. The Morgan fingerprint density at radius 3 is 2.86 bits per heavy atom. The van der Waals surface area contributed by atoms with Crippen molar-refractivity contribution < 1.29 is 9.94 Å². The average molecular weight is 195 g/mol. The van der Waals surface area contributed by atoms with Gasteiger partial charge in [-0.1, -0.05) is 5.16 Å². The van der Waals surface area contributed by atoms with E-state index in [9.17, 15) is 0 Å². The molecule has 4 saturated carbocycles. The highest BCUT2D eigenvalue weighted by Crippen LogP contribution is 2.53. The van der Waals surface area contributed by atoms with Crippen LogP contribution in [0.3, 0.4) is 0 Å². The quantitative estimate of drug-likeness (QED) is 0.513. The number of methoxy groups -OCH3 is 1. The summed E-state index contributed by atoms with van der Waals surface area (Å²) in [6, 6.07) is 0. The van der Waals surface area contributed by atoms with Crippen LogP contribution in [0.25, 0.3) is 0 Å². The zero-order chi connectivity index (χ0) is 9.71. The van der Waals surface area contributed by atoms with E-state index >= 15 is 0 Å². The van der Waals surface area contributed by atoms with Gasteiger partial charge in [-0.15, -0.1) is 0 Å². The van der Waals surface area contributed by atoms with Gasteiger partial charge in [-0.05, 0) is 37.5 Å². The fraction of sp³-hybridized carbons (Fsp3) is 0.909. The van der Waals surface area contributed by atoms with E-state index in [0.717, 1.165) is 17.5 Å². The molecule has 4 bridgehead atoms. The molecule has 1 N–H and O–H groups in total. The van der Waals surface area contributed by atoms with Crippen molar-refractivity contribution >= 4 is 5.71 Å². The fourth-order valence-corrected chi connectivity index (χ4v) is 4.11.